The molecular weight excluding hydrogens is 340 g/mol. The number of amides is 3. The zero-order chi connectivity index (χ0) is 20.6. The smallest absolute Gasteiger partial charge is 0.325 e. The lowest BCUT2D eigenvalue weighted by atomic mass is 9.97. The molecule has 5 atom stereocenters. The maximum atomic E-state index is 12.5. The summed E-state index contributed by atoms with van der Waals surface area (Å²) in [6, 6.07) is -3.61. The predicted molar refractivity (Wildman–Crippen MR) is 97.0 cm³/mol. The van der Waals surface area contributed by atoms with E-state index in [-0.39, 0.29) is 11.8 Å². The second kappa shape index (κ2) is 10.7. The van der Waals surface area contributed by atoms with Crippen LogP contribution in [0.3, 0.4) is 0 Å². The van der Waals surface area contributed by atoms with Crippen molar-refractivity contribution < 1.29 is 24.3 Å². The number of carbonyl (C=O) groups excluding carboxylic acids is 3. The van der Waals surface area contributed by atoms with E-state index in [9.17, 15) is 19.2 Å². The summed E-state index contributed by atoms with van der Waals surface area (Å²) in [7, 11) is 0. The molecule has 3 amide bonds. The Morgan fingerprint density at radius 2 is 1.35 bits per heavy atom. The number of rotatable bonds is 10. The number of carbonyl (C=O) groups is 4. The van der Waals surface area contributed by atoms with Gasteiger partial charge in [-0.15, -0.1) is 0 Å². The maximum Gasteiger partial charge on any atom is 0.325 e. The number of carboxylic acid groups (broad SMARTS) is 1. The minimum absolute atomic E-state index is 0.0342. The highest BCUT2D eigenvalue weighted by molar-refractivity contribution is 5.94. The Kier molecular flexibility index (Phi) is 9.85. The fourth-order valence-electron chi connectivity index (χ4n) is 2.07. The number of nitrogens with two attached hydrogens (primary N) is 1. The van der Waals surface area contributed by atoms with Crippen molar-refractivity contribution in [1.29, 1.82) is 0 Å². The van der Waals surface area contributed by atoms with Crippen molar-refractivity contribution in [2.75, 3.05) is 0 Å². The molecule has 26 heavy (non-hydrogen) atoms. The summed E-state index contributed by atoms with van der Waals surface area (Å²) in [5.74, 6) is -3.02. The van der Waals surface area contributed by atoms with Crippen LogP contribution in [0.1, 0.15) is 48.0 Å². The van der Waals surface area contributed by atoms with Gasteiger partial charge in [-0.25, -0.2) is 0 Å². The second-order valence-corrected chi connectivity index (χ2v) is 6.94. The molecule has 0 aliphatic heterocycles. The van der Waals surface area contributed by atoms with E-state index >= 15 is 0 Å². The first-order valence-electron chi connectivity index (χ1n) is 8.81. The lowest BCUT2D eigenvalue weighted by molar-refractivity contribution is -0.141. The summed E-state index contributed by atoms with van der Waals surface area (Å²) < 4.78 is 0. The van der Waals surface area contributed by atoms with Gasteiger partial charge in [-0.1, -0.05) is 34.1 Å². The Bertz CT molecular complexity index is 523. The molecule has 9 nitrogen and oxygen atoms in total. The standard InChI is InChI=1S/C17H32N4O5/c1-7-9(4)12(18)15(23)21-13(8(2)3)16(24)19-10(5)14(22)20-11(6)17(25)26/h8-13H,7,18H2,1-6H3,(H,19,24)(H,20,22)(H,21,23)(H,25,26). The van der Waals surface area contributed by atoms with Crippen LogP contribution in [-0.2, 0) is 19.2 Å². The molecule has 6 N–H and O–H groups in total. The average molecular weight is 372 g/mol. The molecule has 9 heteroatoms. The highest BCUT2D eigenvalue weighted by Crippen LogP contribution is 2.08. The van der Waals surface area contributed by atoms with E-state index in [0.29, 0.717) is 0 Å². The molecule has 0 aromatic rings. The molecule has 0 aliphatic carbocycles. The Morgan fingerprint density at radius 3 is 1.77 bits per heavy atom. The van der Waals surface area contributed by atoms with Crippen molar-refractivity contribution in [2.24, 2.45) is 17.6 Å². The van der Waals surface area contributed by atoms with Gasteiger partial charge in [0.05, 0.1) is 6.04 Å². The van der Waals surface area contributed by atoms with Crippen molar-refractivity contribution in [3.05, 3.63) is 0 Å². The topological polar surface area (TPSA) is 151 Å². The minimum atomic E-state index is -1.18. The highest BCUT2D eigenvalue weighted by atomic mass is 16.4. The van der Waals surface area contributed by atoms with E-state index < -0.39 is 47.9 Å². The monoisotopic (exact) mass is 372 g/mol. The lowest BCUT2D eigenvalue weighted by Gasteiger charge is -2.26. The van der Waals surface area contributed by atoms with Gasteiger partial charge in [-0.3, -0.25) is 19.2 Å². The van der Waals surface area contributed by atoms with Gasteiger partial charge < -0.3 is 26.8 Å². The zero-order valence-corrected chi connectivity index (χ0v) is 16.3. The molecule has 150 valence electrons. The van der Waals surface area contributed by atoms with E-state index in [1.807, 2.05) is 13.8 Å². The van der Waals surface area contributed by atoms with Gasteiger partial charge in [-0.2, -0.15) is 0 Å². The van der Waals surface area contributed by atoms with Gasteiger partial charge in [0.2, 0.25) is 17.7 Å². The Morgan fingerprint density at radius 1 is 0.846 bits per heavy atom. The number of hydrogen-bond donors (Lipinski definition) is 5. The van der Waals surface area contributed by atoms with Crippen LogP contribution in [-0.4, -0.2) is 53.0 Å². The summed E-state index contributed by atoms with van der Waals surface area (Å²) in [5.41, 5.74) is 5.89. The Balaban J connectivity index is 4.90. The summed E-state index contributed by atoms with van der Waals surface area (Å²) in [5, 5.41) is 16.2. The number of carboxylic acids is 1. The molecule has 0 saturated heterocycles. The predicted octanol–water partition coefficient (Wildman–Crippen LogP) is -0.405. The largest absolute Gasteiger partial charge is 0.480 e. The third-order valence-electron chi connectivity index (χ3n) is 4.29. The van der Waals surface area contributed by atoms with Gasteiger partial charge >= 0.3 is 5.97 Å². The maximum absolute atomic E-state index is 12.5. The Hall–Kier alpha value is -2.16. The van der Waals surface area contributed by atoms with Gasteiger partial charge in [-0.05, 0) is 25.7 Å². The van der Waals surface area contributed by atoms with E-state index in [1.165, 1.54) is 13.8 Å². The normalized spacial score (nSPS) is 16.8. The van der Waals surface area contributed by atoms with E-state index in [0.717, 1.165) is 6.42 Å². The second-order valence-electron chi connectivity index (χ2n) is 6.94. The third-order valence-corrected chi connectivity index (χ3v) is 4.29. The van der Waals surface area contributed by atoms with Crippen molar-refractivity contribution in [1.82, 2.24) is 16.0 Å². The molecule has 5 unspecified atom stereocenters. The molecule has 0 aromatic heterocycles. The minimum Gasteiger partial charge on any atom is -0.480 e. The summed E-state index contributed by atoms with van der Waals surface area (Å²) in [6.07, 6.45) is 0.728. The van der Waals surface area contributed by atoms with Gasteiger partial charge in [0.1, 0.15) is 18.1 Å². The molecule has 0 fully saturated rings. The van der Waals surface area contributed by atoms with Crippen LogP contribution in [0.2, 0.25) is 0 Å². The van der Waals surface area contributed by atoms with Crippen LogP contribution in [0.5, 0.6) is 0 Å². The van der Waals surface area contributed by atoms with Crippen molar-refractivity contribution >= 4 is 23.7 Å². The van der Waals surface area contributed by atoms with Gasteiger partial charge in [0.25, 0.3) is 0 Å². The van der Waals surface area contributed by atoms with E-state index in [4.69, 9.17) is 10.8 Å². The summed E-state index contributed by atoms with van der Waals surface area (Å²) in [4.78, 5) is 47.4. The van der Waals surface area contributed by atoms with Crippen molar-refractivity contribution in [2.45, 2.75) is 72.1 Å². The SMILES string of the molecule is CCC(C)C(N)C(=O)NC(C(=O)NC(C)C(=O)NC(C)C(=O)O)C(C)C. The summed E-state index contributed by atoms with van der Waals surface area (Å²) in [6.45, 7) is 10.1. The molecule has 0 bridgehead atoms. The first kappa shape index (κ1) is 23.8. The molecule has 0 spiro atoms. The van der Waals surface area contributed by atoms with Gasteiger partial charge in [0.15, 0.2) is 0 Å². The molecule has 0 rings (SSSR count). The number of nitrogens with one attached hydrogen (secondary N) is 3. The fraction of sp³-hybridized carbons (Fsp3) is 0.765. The molecular formula is C17H32N4O5. The number of aliphatic carboxylic acids is 1. The fourth-order valence-corrected chi connectivity index (χ4v) is 2.07. The first-order valence-corrected chi connectivity index (χ1v) is 8.81. The van der Waals surface area contributed by atoms with E-state index in [2.05, 4.69) is 16.0 Å². The molecule has 0 radical (unpaired) electrons. The average Bonchev–Trinajstić information content (AvgIpc) is 2.56. The van der Waals surface area contributed by atoms with Crippen LogP contribution in [0.4, 0.5) is 0 Å². The Labute approximate surface area is 154 Å². The molecule has 0 heterocycles. The number of hydrogen-bond acceptors (Lipinski definition) is 5. The van der Waals surface area contributed by atoms with Crippen LogP contribution >= 0.6 is 0 Å². The van der Waals surface area contributed by atoms with Crippen molar-refractivity contribution in [3.63, 3.8) is 0 Å². The first-order chi connectivity index (χ1) is 11.9. The van der Waals surface area contributed by atoms with Crippen molar-refractivity contribution in [3.8, 4) is 0 Å². The van der Waals surface area contributed by atoms with Crippen LogP contribution in [0, 0.1) is 11.8 Å². The third kappa shape index (κ3) is 7.38. The summed E-state index contributed by atoms with van der Waals surface area (Å²) >= 11 is 0. The lowest BCUT2D eigenvalue weighted by Crippen LogP contribution is -2.58. The van der Waals surface area contributed by atoms with Crippen LogP contribution < -0.4 is 21.7 Å². The van der Waals surface area contributed by atoms with Crippen LogP contribution in [0.15, 0.2) is 0 Å². The zero-order valence-electron chi connectivity index (χ0n) is 16.3. The van der Waals surface area contributed by atoms with E-state index in [1.54, 1.807) is 13.8 Å². The molecule has 0 aromatic carbocycles. The highest BCUT2D eigenvalue weighted by Gasteiger charge is 2.30. The molecule has 0 saturated carbocycles. The van der Waals surface area contributed by atoms with Gasteiger partial charge in [0, 0.05) is 0 Å². The molecule has 0 aliphatic rings. The quantitative estimate of drug-likeness (QED) is 0.352. The van der Waals surface area contributed by atoms with Crippen LogP contribution in [0.25, 0.3) is 0 Å².